The van der Waals surface area contributed by atoms with E-state index in [1.807, 2.05) is 30.3 Å². The van der Waals surface area contributed by atoms with Gasteiger partial charge in [-0.1, -0.05) is 82.1 Å². The van der Waals surface area contributed by atoms with Gasteiger partial charge >= 0.3 is 0 Å². The van der Waals surface area contributed by atoms with Gasteiger partial charge in [-0.15, -0.1) is 0 Å². The van der Waals surface area contributed by atoms with Crippen molar-refractivity contribution in [3.05, 3.63) is 48.1 Å². The zero-order valence-electron chi connectivity index (χ0n) is 16.7. The van der Waals surface area contributed by atoms with Crippen LogP contribution in [0.3, 0.4) is 0 Å². The van der Waals surface area contributed by atoms with Gasteiger partial charge in [0.2, 0.25) is 0 Å². The van der Waals surface area contributed by atoms with E-state index in [0.717, 1.165) is 22.7 Å². The van der Waals surface area contributed by atoms with Gasteiger partial charge < -0.3 is 0 Å². The quantitative estimate of drug-likeness (QED) is 0.684. The highest BCUT2D eigenvalue weighted by Crippen LogP contribution is 2.28. The molecule has 1 aromatic heterocycles. The van der Waals surface area contributed by atoms with Crippen LogP contribution in [0.1, 0.15) is 40.4 Å². The topological polar surface area (TPSA) is 12.9 Å². The molecule has 0 N–H and O–H groups in total. The third-order valence-electron chi connectivity index (χ3n) is 4.87. The molecule has 1 aromatic carbocycles. The van der Waals surface area contributed by atoms with Crippen LogP contribution in [0.5, 0.6) is 0 Å². The molecule has 1 nitrogen and oxygen atoms in total. The highest BCUT2D eigenvalue weighted by molar-refractivity contribution is 6.89. The first kappa shape index (κ1) is 14.0. The molecule has 0 amide bonds. The van der Waals surface area contributed by atoms with Crippen molar-refractivity contribution >= 4 is 13.3 Å². The lowest BCUT2D eigenvalue weighted by molar-refractivity contribution is 0.357. The molecule has 3 rings (SSSR count). The summed E-state index contributed by atoms with van der Waals surface area (Å²) in [6, 6.07) is 10.5. The summed E-state index contributed by atoms with van der Waals surface area (Å²) >= 11 is 0. The number of benzene rings is 1. The van der Waals surface area contributed by atoms with Crippen molar-refractivity contribution in [2.75, 3.05) is 0 Å². The van der Waals surface area contributed by atoms with Crippen molar-refractivity contribution in [3.8, 4) is 11.3 Å². The molecule has 23 heavy (non-hydrogen) atoms. The van der Waals surface area contributed by atoms with Crippen LogP contribution < -0.4 is 5.19 Å². The van der Waals surface area contributed by atoms with Crippen LogP contribution in [-0.4, -0.2) is 13.1 Å². The Hall–Kier alpha value is -1.41. The van der Waals surface area contributed by atoms with Crippen molar-refractivity contribution < 1.29 is 2.74 Å². The van der Waals surface area contributed by atoms with Crippen LogP contribution in [0.2, 0.25) is 19.6 Å². The molecule has 122 valence electrons. The fourth-order valence-electron chi connectivity index (χ4n) is 3.60. The monoisotopic (exact) mass is 325 g/mol. The third kappa shape index (κ3) is 4.11. The molecule has 2 aromatic rings. The standard InChI is InChI=1S/C21H29NSi/c1-23(2,3)21-16-22-20(18-12-8-5-9-13-18)15-19(21)14-17-10-6-4-7-11-17/h5,8-9,12-13,15-17H,4,6-7,10-11,14H2,1-3H3/i15D,16D. The highest BCUT2D eigenvalue weighted by atomic mass is 28.3. The predicted molar refractivity (Wildman–Crippen MR) is 103 cm³/mol. The lowest BCUT2D eigenvalue weighted by atomic mass is 9.85. The molecule has 1 aliphatic rings. The van der Waals surface area contributed by atoms with Crippen LogP contribution in [0, 0.1) is 5.92 Å². The van der Waals surface area contributed by atoms with Crippen LogP contribution >= 0.6 is 0 Å². The zero-order valence-corrected chi connectivity index (χ0v) is 15.7. The number of hydrogen-bond acceptors (Lipinski definition) is 1. The predicted octanol–water partition coefficient (Wildman–Crippen LogP) is 5.42. The van der Waals surface area contributed by atoms with Crippen molar-refractivity contribution in [3.63, 3.8) is 0 Å². The molecule has 0 atom stereocenters. The average Bonchev–Trinajstić information content (AvgIpc) is 2.58. The molecule has 1 fully saturated rings. The second-order valence-corrected chi connectivity index (χ2v) is 12.9. The Kier molecular flexibility index (Phi) is 4.25. The van der Waals surface area contributed by atoms with Crippen LogP contribution in [-0.2, 0) is 6.42 Å². The molecule has 0 aliphatic heterocycles. The van der Waals surface area contributed by atoms with E-state index in [4.69, 9.17) is 2.74 Å². The van der Waals surface area contributed by atoms with E-state index in [2.05, 4.69) is 24.6 Å². The maximum absolute atomic E-state index is 8.90. The number of aromatic nitrogens is 1. The highest BCUT2D eigenvalue weighted by Gasteiger charge is 2.23. The van der Waals surface area contributed by atoms with E-state index < -0.39 is 8.07 Å². The lowest BCUT2D eigenvalue weighted by Gasteiger charge is -2.26. The molecule has 2 heteroatoms. The molecular formula is C21H29NSi. The summed E-state index contributed by atoms with van der Waals surface area (Å²) in [6.45, 7) is 6.82. The van der Waals surface area contributed by atoms with E-state index in [0.29, 0.717) is 23.8 Å². The molecule has 0 bridgehead atoms. The van der Waals surface area contributed by atoms with Crippen molar-refractivity contribution in [1.82, 2.24) is 4.98 Å². The third-order valence-corrected chi connectivity index (χ3v) is 6.78. The summed E-state index contributed by atoms with van der Waals surface area (Å²) in [5, 5.41) is 1.10. The van der Waals surface area contributed by atoms with Gasteiger partial charge in [-0.3, -0.25) is 4.98 Å². The zero-order chi connectivity index (χ0) is 18.0. The first-order valence-corrected chi connectivity index (χ1v) is 12.4. The van der Waals surface area contributed by atoms with Crippen molar-refractivity contribution in [2.24, 2.45) is 5.92 Å². The molecule has 1 aliphatic carbocycles. The fourth-order valence-corrected chi connectivity index (χ4v) is 5.06. The summed E-state index contributed by atoms with van der Waals surface area (Å²) in [4.78, 5) is 4.58. The smallest absolute Gasteiger partial charge is 0.0839 e. The first-order chi connectivity index (χ1) is 11.9. The Morgan fingerprint density at radius 1 is 1.09 bits per heavy atom. The summed E-state index contributed by atoms with van der Waals surface area (Å²) in [5.74, 6) is 0.665. The SMILES string of the molecule is [2H]c1nc(-c2ccccc2)c([2H])c(CC2CCCCC2)c1[Si](C)(C)C. The summed E-state index contributed by atoms with van der Waals surface area (Å²) in [5.41, 5.74) is 2.75. The largest absolute Gasteiger partial charge is 0.256 e. The van der Waals surface area contributed by atoms with Gasteiger partial charge in [0.15, 0.2) is 0 Å². The second kappa shape index (κ2) is 7.00. The van der Waals surface area contributed by atoms with E-state index in [9.17, 15) is 0 Å². The van der Waals surface area contributed by atoms with Gasteiger partial charge in [0, 0.05) is 11.7 Å². The molecule has 1 heterocycles. The minimum absolute atomic E-state index is 0.403. The maximum Gasteiger partial charge on any atom is 0.0839 e. The van der Waals surface area contributed by atoms with E-state index >= 15 is 0 Å². The molecule has 0 spiro atoms. The maximum atomic E-state index is 8.90. The van der Waals surface area contributed by atoms with Gasteiger partial charge in [0.25, 0.3) is 0 Å². The van der Waals surface area contributed by atoms with Gasteiger partial charge in [-0.05, 0) is 29.1 Å². The Morgan fingerprint density at radius 2 is 1.78 bits per heavy atom. The van der Waals surface area contributed by atoms with Crippen molar-refractivity contribution in [1.29, 1.82) is 0 Å². The van der Waals surface area contributed by atoms with Crippen LogP contribution in [0.15, 0.2) is 42.5 Å². The Bertz CT molecular complexity index is 732. The number of pyridine rings is 1. The number of nitrogens with zero attached hydrogens (tertiary/aromatic N) is 1. The molecule has 0 unspecified atom stereocenters. The number of hydrogen-bond donors (Lipinski definition) is 0. The fraction of sp³-hybridized carbons (Fsp3) is 0.476. The van der Waals surface area contributed by atoms with Crippen LogP contribution in [0.25, 0.3) is 11.3 Å². The Balaban J connectivity index is 2.12. The molecule has 1 saturated carbocycles. The summed E-state index contributed by atoms with van der Waals surface area (Å²) in [7, 11) is -1.73. The minimum Gasteiger partial charge on any atom is -0.256 e. The molecule has 0 saturated heterocycles. The average molecular weight is 326 g/mol. The minimum atomic E-state index is -1.73. The van der Waals surface area contributed by atoms with Gasteiger partial charge in [-0.2, -0.15) is 0 Å². The van der Waals surface area contributed by atoms with Gasteiger partial charge in [0.05, 0.1) is 16.5 Å². The Labute approximate surface area is 145 Å². The van der Waals surface area contributed by atoms with Gasteiger partial charge in [0.1, 0.15) is 0 Å². The summed E-state index contributed by atoms with van der Waals surface area (Å²) < 4.78 is 17.5. The molecular weight excluding hydrogens is 294 g/mol. The van der Waals surface area contributed by atoms with E-state index in [1.165, 1.54) is 32.1 Å². The van der Waals surface area contributed by atoms with E-state index in [-0.39, 0.29) is 0 Å². The van der Waals surface area contributed by atoms with Crippen molar-refractivity contribution in [2.45, 2.75) is 58.2 Å². The molecule has 0 radical (unpaired) electrons. The summed E-state index contributed by atoms with van der Waals surface area (Å²) in [6.07, 6.45) is 7.85. The van der Waals surface area contributed by atoms with Gasteiger partial charge in [-0.25, -0.2) is 0 Å². The second-order valence-electron chi connectivity index (χ2n) is 7.87. The Morgan fingerprint density at radius 3 is 2.43 bits per heavy atom. The lowest BCUT2D eigenvalue weighted by Crippen LogP contribution is -2.41. The first-order valence-electron chi connectivity index (χ1n) is 9.94. The number of rotatable bonds is 4. The van der Waals surface area contributed by atoms with Crippen LogP contribution in [0.4, 0.5) is 0 Å². The normalized spacial score (nSPS) is 17.7. The van der Waals surface area contributed by atoms with E-state index in [1.54, 1.807) is 0 Å².